The van der Waals surface area contributed by atoms with Crippen LogP contribution in [-0.2, 0) is 20.0 Å². The average Bonchev–Trinajstić information content (AvgIpc) is 3.53. The number of aromatic amines is 1. The highest BCUT2D eigenvalue weighted by atomic mass is 35.5. The van der Waals surface area contributed by atoms with E-state index in [0.717, 1.165) is 30.6 Å². The van der Waals surface area contributed by atoms with Crippen LogP contribution in [-0.4, -0.2) is 70.4 Å². The van der Waals surface area contributed by atoms with Crippen LogP contribution in [0, 0.1) is 6.92 Å². The predicted molar refractivity (Wildman–Crippen MR) is 181 cm³/mol. The molecule has 1 atom stereocenters. The third-order valence-corrected chi connectivity index (χ3v) is 11.5. The number of carbonyl (C=O) groups is 1. The van der Waals surface area contributed by atoms with E-state index in [2.05, 4.69) is 32.4 Å². The van der Waals surface area contributed by atoms with Crippen molar-refractivity contribution < 1.29 is 17.9 Å². The molecule has 1 amide bonds. The summed E-state index contributed by atoms with van der Waals surface area (Å²) in [6, 6.07) is 7.61. The molecule has 0 spiro atoms. The second kappa shape index (κ2) is 14.8. The minimum absolute atomic E-state index is 0.162. The fraction of sp³-hybridized carbons (Fsp3) is 0.667. The molecule has 1 fully saturated rings. The predicted octanol–water partition coefficient (Wildman–Crippen LogP) is 6.40. The van der Waals surface area contributed by atoms with Gasteiger partial charge in [0.2, 0.25) is 0 Å². The summed E-state index contributed by atoms with van der Waals surface area (Å²) >= 11 is 6.42. The zero-order valence-electron chi connectivity index (χ0n) is 27.8. The number of aromatic nitrogens is 4. The summed E-state index contributed by atoms with van der Waals surface area (Å²) < 4.78 is 31.9. The number of aryl methyl sites for hydroxylation is 1. The molecule has 45 heavy (non-hydrogen) atoms. The number of benzene rings is 1. The van der Waals surface area contributed by atoms with Crippen LogP contribution in [0.1, 0.15) is 104 Å². The second-order valence-electron chi connectivity index (χ2n) is 13.5. The Bertz CT molecular complexity index is 1520. The number of anilines is 1. The number of nitrogens with one attached hydrogen (secondary N) is 2. The van der Waals surface area contributed by atoms with E-state index in [1.165, 1.54) is 32.1 Å². The Kier molecular flexibility index (Phi) is 11.5. The van der Waals surface area contributed by atoms with Gasteiger partial charge >= 0.3 is 0 Å². The molecule has 2 aromatic heterocycles. The number of ether oxygens (including phenoxy) is 1. The number of halogens is 1. The Morgan fingerprint density at radius 3 is 2.22 bits per heavy atom. The summed E-state index contributed by atoms with van der Waals surface area (Å²) in [5.41, 5.74) is 0.955. The van der Waals surface area contributed by atoms with Crippen molar-refractivity contribution in [2.24, 2.45) is 0 Å². The number of H-pyrrole nitrogens is 1. The number of hydrogen-bond acceptors (Lipinski definition) is 7. The highest BCUT2D eigenvalue weighted by Crippen LogP contribution is 2.35. The quantitative estimate of drug-likeness (QED) is 0.170. The molecule has 0 bridgehead atoms. The third-order valence-electron chi connectivity index (χ3n) is 9.46. The fourth-order valence-corrected chi connectivity index (χ4v) is 7.09. The van der Waals surface area contributed by atoms with Crippen LogP contribution >= 0.6 is 11.6 Å². The van der Waals surface area contributed by atoms with E-state index in [1.54, 1.807) is 4.52 Å². The van der Waals surface area contributed by atoms with Gasteiger partial charge in [-0.2, -0.15) is 0 Å². The van der Waals surface area contributed by atoms with E-state index >= 15 is 0 Å². The van der Waals surface area contributed by atoms with Gasteiger partial charge in [-0.3, -0.25) is 9.89 Å². The van der Waals surface area contributed by atoms with Crippen molar-refractivity contribution in [1.82, 2.24) is 25.1 Å². The molecule has 10 nitrogen and oxygen atoms in total. The van der Waals surface area contributed by atoms with Gasteiger partial charge in [-0.1, -0.05) is 77.3 Å². The number of rotatable bonds is 16. The van der Waals surface area contributed by atoms with Crippen molar-refractivity contribution in [3.63, 3.8) is 0 Å². The van der Waals surface area contributed by atoms with Crippen molar-refractivity contribution >= 4 is 38.7 Å². The fourth-order valence-electron chi connectivity index (χ4n) is 5.72. The number of unbranched alkanes of at least 4 members (excludes halogenated alkanes) is 7. The molecule has 0 aliphatic carbocycles. The summed E-state index contributed by atoms with van der Waals surface area (Å²) in [6.07, 6.45) is 9.30. The summed E-state index contributed by atoms with van der Waals surface area (Å²) in [4.78, 5) is 16.0. The number of nitrogens with zero attached hydrogens (tertiary/aromatic N) is 4. The molecule has 0 saturated carbocycles. The van der Waals surface area contributed by atoms with Gasteiger partial charge in [0, 0.05) is 29.7 Å². The van der Waals surface area contributed by atoms with E-state index in [-0.39, 0.29) is 17.4 Å². The summed E-state index contributed by atoms with van der Waals surface area (Å²) in [7, 11) is -2.96. The Labute approximate surface area is 273 Å². The van der Waals surface area contributed by atoms with Crippen LogP contribution in [0.4, 0.5) is 5.69 Å². The van der Waals surface area contributed by atoms with E-state index in [4.69, 9.17) is 16.3 Å². The zero-order valence-corrected chi connectivity index (χ0v) is 29.4. The van der Waals surface area contributed by atoms with E-state index in [1.807, 2.05) is 58.9 Å². The van der Waals surface area contributed by atoms with Crippen LogP contribution in [0.15, 0.2) is 24.3 Å². The molecule has 12 heteroatoms. The van der Waals surface area contributed by atoms with Gasteiger partial charge < -0.3 is 15.0 Å². The van der Waals surface area contributed by atoms with Crippen LogP contribution in [0.3, 0.4) is 0 Å². The van der Waals surface area contributed by atoms with Crippen LogP contribution in [0.2, 0.25) is 5.02 Å². The van der Waals surface area contributed by atoms with Gasteiger partial charge in [0.25, 0.3) is 5.91 Å². The van der Waals surface area contributed by atoms with Gasteiger partial charge in [-0.15, -0.1) is 10.2 Å². The minimum Gasteiger partial charge on any atom is -0.481 e. The van der Waals surface area contributed by atoms with Gasteiger partial charge in [-0.05, 0) is 57.9 Å². The lowest BCUT2D eigenvalue weighted by molar-refractivity contribution is -0.130. The van der Waals surface area contributed by atoms with Crippen LogP contribution in [0.25, 0.3) is 5.65 Å². The number of fused-ring (bicyclic) bond motifs is 1. The van der Waals surface area contributed by atoms with Gasteiger partial charge in [0.05, 0.1) is 17.2 Å². The molecule has 1 saturated heterocycles. The van der Waals surface area contributed by atoms with Crippen LogP contribution in [0.5, 0.6) is 5.75 Å². The lowest BCUT2D eigenvalue weighted by atomic mass is 9.73. The first-order valence-corrected chi connectivity index (χ1v) is 18.6. The lowest BCUT2D eigenvalue weighted by Gasteiger charge is -2.41. The third kappa shape index (κ3) is 8.52. The van der Waals surface area contributed by atoms with Crippen molar-refractivity contribution in [3.8, 4) is 5.75 Å². The normalized spacial score (nSPS) is 16.2. The van der Waals surface area contributed by atoms with Crippen molar-refractivity contribution in [3.05, 3.63) is 40.8 Å². The maximum Gasteiger partial charge on any atom is 0.261 e. The van der Waals surface area contributed by atoms with E-state index < -0.39 is 26.9 Å². The number of sulfone groups is 1. The molecular weight excluding hydrogens is 612 g/mol. The summed E-state index contributed by atoms with van der Waals surface area (Å²) in [6.45, 7) is 13.1. The molecule has 1 unspecified atom stereocenters. The molecule has 1 aliphatic rings. The van der Waals surface area contributed by atoms with Gasteiger partial charge in [-0.25, -0.2) is 12.9 Å². The first-order valence-electron chi connectivity index (χ1n) is 16.4. The maximum atomic E-state index is 13.9. The summed E-state index contributed by atoms with van der Waals surface area (Å²) in [5, 5.41) is 15.8. The highest BCUT2D eigenvalue weighted by molar-refractivity contribution is 7.91. The maximum absolute atomic E-state index is 13.9. The van der Waals surface area contributed by atoms with Crippen molar-refractivity contribution in [2.45, 2.75) is 116 Å². The molecule has 3 heterocycles. The first-order chi connectivity index (χ1) is 21.3. The number of amides is 1. The van der Waals surface area contributed by atoms with E-state index in [0.29, 0.717) is 41.8 Å². The van der Waals surface area contributed by atoms with Gasteiger partial charge in [0.15, 0.2) is 27.4 Å². The Hall–Kier alpha value is -2.79. The number of carbonyl (C=O) groups excluding carboxylic acids is 1. The smallest absolute Gasteiger partial charge is 0.261 e. The largest absolute Gasteiger partial charge is 0.481 e. The Morgan fingerprint density at radius 2 is 1.60 bits per heavy atom. The van der Waals surface area contributed by atoms with Crippen molar-refractivity contribution in [1.29, 1.82) is 0 Å². The van der Waals surface area contributed by atoms with Crippen molar-refractivity contribution in [2.75, 3.05) is 29.5 Å². The highest BCUT2D eigenvalue weighted by Gasteiger charge is 2.44. The molecular formula is C33H51ClN6O4S. The SMILES string of the molecule is CCCCCCCCCCC(Oc1ccc(N2CCS(=O)(=O)CC2)cc1)C(=O)NC(C)(C)C(C)(C)c1nnc2c(Cl)c(C)[nH]n12. The molecule has 0 radical (unpaired) electrons. The molecule has 2 N–H and O–H groups in total. The second-order valence-corrected chi connectivity index (χ2v) is 16.2. The zero-order chi connectivity index (χ0) is 32.8. The molecule has 3 aromatic rings. The topological polar surface area (TPSA) is 122 Å². The average molecular weight is 663 g/mol. The Morgan fingerprint density at radius 1 is 1.00 bits per heavy atom. The standard InChI is InChI=1S/C33H51ClN6O4S/c1-7-8-9-10-11-12-13-14-15-27(44-26-18-16-25(17-19-26)39-20-22-45(42,43)23-21-39)30(41)35-33(5,6)32(3,4)31-37-36-29-28(34)24(2)38-40(29)31/h16-19,27,38H,7-15,20-23H2,1-6H3,(H,35,41). The summed E-state index contributed by atoms with van der Waals surface area (Å²) in [5.74, 6) is 1.42. The number of hydrogen-bond donors (Lipinski definition) is 2. The monoisotopic (exact) mass is 662 g/mol. The van der Waals surface area contributed by atoms with Gasteiger partial charge in [0.1, 0.15) is 10.8 Å². The molecule has 250 valence electrons. The van der Waals surface area contributed by atoms with Crippen LogP contribution < -0.4 is 15.0 Å². The van der Waals surface area contributed by atoms with E-state index in [9.17, 15) is 13.2 Å². The lowest BCUT2D eigenvalue weighted by Crippen LogP contribution is -2.59. The molecule has 4 rings (SSSR count). The minimum atomic E-state index is -2.96. The molecule has 1 aromatic carbocycles. The first kappa shape index (κ1) is 35.1. The Balaban J connectivity index is 1.45. The molecule has 1 aliphatic heterocycles.